The summed E-state index contributed by atoms with van der Waals surface area (Å²) in [5.74, 6) is -1.20. The van der Waals surface area contributed by atoms with E-state index in [4.69, 9.17) is 14.0 Å². The summed E-state index contributed by atoms with van der Waals surface area (Å²) in [5.41, 5.74) is 0. The van der Waals surface area contributed by atoms with E-state index >= 15 is 0 Å². The third kappa shape index (κ3) is 3.77. The van der Waals surface area contributed by atoms with Gasteiger partial charge < -0.3 is 14.2 Å². The van der Waals surface area contributed by atoms with Crippen molar-refractivity contribution < 1.29 is 45.6 Å². The van der Waals surface area contributed by atoms with Crippen LogP contribution in [-0.2, 0) is 33.9 Å². The van der Waals surface area contributed by atoms with E-state index in [-0.39, 0.29) is 17.8 Å². The minimum Gasteiger partial charge on any atom is -0.459 e. The van der Waals surface area contributed by atoms with Crippen LogP contribution in [0.15, 0.2) is 0 Å². The van der Waals surface area contributed by atoms with Crippen molar-refractivity contribution in [2.45, 2.75) is 43.1 Å². The summed E-state index contributed by atoms with van der Waals surface area (Å²) in [6.45, 7) is -2.48. The lowest BCUT2D eigenvalue weighted by Gasteiger charge is -2.41. The number of halogens is 2. The molecular formula is C14H18F2O8S. The number of hydrogen-bond acceptors (Lipinski definition) is 7. The molecule has 0 spiro atoms. The molecule has 0 aromatic rings. The fourth-order valence-corrected chi connectivity index (χ4v) is 4.16. The van der Waals surface area contributed by atoms with Gasteiger partial charge in [0.1, 0.15) is 12.7 Å². The lowest BCUT2D eigenvalue weighted by atomic mass is 9.67. The summed E-state index contributed by atoms with van der Waals surface area (Å²) in [4.78, 5) is 23.5. The molecule has 4 rings (SSSR count). The lowest BCUT2D eigenvalue weighted by molar-refractivity contribution is -0.169. The highest BCUT2D eigenvalue weighted by Gasteiger charge is 2.51. The van der Waals surface area contributed by atoms with Crippen LogP contribution in [0.25, 0.3) is 0 Å². The average molecular weight is 384 g/mol. The second-order valence-electron chi connectivity index (χ2n) is 6.79. The fraction of sp³-hybridized carbons (Fsp3) is 0.857. The van der Waals surface area contributed by atoms with Gasteiger partial charge in [-0.1, -0.05) is 0 Å². The lowest BCUT2D eigenvalue weighted by Crippen LogP contribution is -2.45. The molecular weight excluding hydrogens is 366 g/mol. The number of hydrogen-bond donors (Lipinski definition) is 1. The van der Waals surface area contributed by atoms with Crippen LogP contribution in [0, 0.1) is 17.8 Å². The Labute approximate surface area is 142 Å². The Morgan fingerprint density at radius 3 is 2.68 bits per heavy atom. The highest BCUT2D eigenvalue weighted by Crippen LogP contribution is 2.48. The summed E-state index contributed by atoms with van der Waals surface area (Å²) < 4.78 is 70.2. The van der Waals surface area contributed by atoms with Gasteiger partial charge in [-0.2, -0.15) is 17.2 Å². The van der Waals surface area contributed by atoms with Crippen LogP contribution in [-0.4, -0.2) is 55.6 Å². The predicted molar refractivity (Wildman–Crippen MR) is 76.0 cm³/mol. The molecule has 142 valence electrons. The minimum absolute atomic E-state index is 0.0426. The number of ether oxygens (including phenoxy) is 3. The molecule has 5 unspecified atom stereocenters. The zero-order valence-corrected chi connectivity index (χ0v) is 13.9. The molecule has 0 amide bonds. The van der Waals surface area contributed by atoms with Crippen molar-refractivity contribution in [2.75, 3.05) is 13.2 Å². The van der Waals surface area contributed by atoms with Gasteiger partial charge in [0.2, 0.25) is 0 Å². The Morgan fingerprint density at radius 2 is 2.00 bits per heavy atom. The molecule has 25 heavy (non-hydrogen) atoms. The van der Waals surface area contributed by atoms with Crippen molar-refractivity contribution in [3.63, 3.8) is 0 Å². The van der Waals surface area contributed by atoms with Crippen LogP contribution < -0.4 is 0 Å². The first-order chi connectivity index (χ1) is 11.6. The quantitative estimate of drug-likeness (QED) is 0.527. The monoisotopic (exact) mass is 384 g/mol. The molecule has 0 aromatic carbocycles. The maximum atomic E-state index is 13.0. The van der Waals surface area contributed by atoms with Crippen LogP contribution in [0.5, 0.6) is 0 Å². The van der Waals surface area contributed by atoms with Crippen molar-refractivity contribution in [3.8, 4) is 0 Å². The Morgan fingerprint density at radius 1 is 1.28 bits per heavy atom. The normalized spacial score (nSPS) is 34.5. The SMILES string of the molecule is O=C(COC1C2CC3CC(C2)C(=O)OC1C3)OCC(F)(F)S(=O)(=O)O. The van der Waals surface area contributed by atoms with Crippen molar-refractivity contribution in [1.29, 1.82) is 0 Å². The van der Waals surface area contributed by atoms with E-state index in [1.54, 1.807) is 0 Å². The van der Waals surface area contributed by atoms with Crippen LogP contribution >= 0.6 is 0 Å². The van der Waals surface area contributed by atoms with Gasteiger partial charge in [0.05, 0.1) is 12.0 Å². The molecule has 0 radical (unpaired) electrons. The van der Waals surface area contributed by atoms with Gasteiger partial charge in [-0.15, -0.1) is 0 Å². The molecule has 11 heteroatoms. The topological polar surface area (TPSA) is 116 Å². The molecule has 2 saturated heterocycles. The Bertz CT molecular complexity index is 664. The van der Waals surface area contributed by atoms with E-state index in [0.717, 1.165) is 12.8 Å². The van der Waals surface area contributed by atoms with E-state index in [9.17, 15) is 26.8 Å². The van der Waals surface area contributed by atoms with Gasteiger partial charge >= 0.3 is 27.3 Å². The maximum absolute atomic E-state index is 13.0. The minimum atomic E-state index is -5.67. The first kappa shape index (κ1) is 18.5. The van der Waals surface area contributed by atoms with Crippen LogP contribution in [0.3, 0.4) is 0 Å². The number of carbonyl (C=O) groups is 2. The van der Waals surface area contributed by atoms with E-state index in [1.165, 1.54) is 0 Å². The van der Waals surface area contributed by atoms with Gasteiger partial charge in [-0.3, -0.25) is 9.35 Å². The van der Waals surface area contributed by atoms with Crippen molar-refractivity contribution in [1.82, 2.24) is 0 Å². The van der Waals surface area contributed by atoms with Gasteiger partial charge in [-0.25, -0.2) is 4.79 Å². The number of alkyl halides is 2. The fourth-order valence-electron chi connectivity index (χ4n) is 3.95. The number of esters is 2. The number of rotatable bonds is 6. The predicted octanol–water partition coefficient (Wildman–Crippen LogP) is 0.757. The zero-order valence-electron chi connectivity index (χ0n) is 13.1. The Hall–Kier alpha value is -1.33. The average Bonchev–Trinajstić information content (AvgIpc) is 2.66. The standard InChI is InChI=1S/C14H18F2O8S/c15-14(16,25(19,20)21)6-23-11(17)5-22-12-8-1-7-2-9(4-8)13(18)24-10(12)3-7/h7-10,12H,1-6H2,(H,19,20,21). The van der Waals surface area contributed by atoms with Crippen molar-refractivity contribution in [2.24, 2.45) is 17.8 Å². The first-order valence-electron chi connectivity index (χ1n) is 7.89. The summed E-state index contributed by atoms with van der Waals surface area (Å²) in [6, 6.07) is 0. The van der Waals surface area contributed by atoms with Crippen molar-refractivity contribution in [3.05, 3.63) is 0 Å². The van der Waals surface area contributed by atoms with Gasteiger partial charge in [0, 0.05) is 0 Å². The van der Waals surface area contributed by atoms with E-state index in [1.807, 2.05) is 0 Å². The molecule has 2 aliphatic heterocycles. The summed E-state index contributed by atoms with van der Waals surface area (Å²) in [6.07, 6.45) is 1.90. The molecule has 4 bridgehead atoms. The summed E-state index contributed by atoms with van der Waals surface area (Å²) in [7, 11) is -5.67. The summed E-state index contributed by atoms with van der Waals surface area (Å²) in [5, 5.41) is -4.59. The molecule has 2 saturated carbocycles. The Balaban J connectivity index is 1.53. The second kappa shape index (κ2) is 6.44. The molecule has 4 aliphatic rings. The molecule has 0 aromatic heterocycles. The Kier molecular flexibility index (Phi) is 4.75. The second-order valence-corrected chi connectivity index (χ2v) is 8.34. The number of carbonyl (C=O) groups excluding carboxylic acids is 2. The van der Waals surface area contributed by atoms with Gasteiger partial charge in [0.15, 0.2) is 6.61 Å². The highest BCUT2D eigenvalue weighted by atomic mass is 32.2. The highest BCUT2D eigenvalue weighted by molar-refractivity contribution is 7.86. The molecule has 4 fully saturated rings. The first-order valence-corrected chi connectivity index (χ1v) is 9.33. The largest absolute Gasteiger partial charge is 0.459 e. The summed E-state index contributed by atoms with van der Waals surface area (Å²) >= 11 is 0. The molecule has 2 heterocycles. The third-order valence-corrected chi connectivity index (χ3v) is 5.88. The van der Waals surface area contributed by atoms with Crippen molar-refractivity contribution >= 4 is 22.1 Å². The smallest absolute Gasteiger partial charge is 0.402 e. The maximum Gasteiger partial charge on any atom is 0.402 e. The van der Waals surface area contributed by atoms with E-state index in [2.05, 4.69) is 4.74 Å². The van der Waals surface area contributed by atoms with Gasteiger partial charge in [-0.05, 0) is 37.5 Å². The molecule has 1 N–H and O–H groups in total. The third-order valence-electron chi connectivity index (χ3n) is 5.01. The van der Waals surface area contributed by atoms with Gasteiger partial charge in [0.25, 0.3) is 0 Å². The van der Waals surface area contributed by atoms with Crippen LogP contribution in [0.4, 0.5) is 8.78 Å². The van der Waals surface area contributed by atoms with E-state index < -0.39 is 46.8 Å². The van der Waals surface area contributed by atoms with Crippen LogP contribution in [0.1, 0.15) is 25.7 Å². The zero-order chi connectivity index (χ0) is 18.4. The molecule has 2 aliphatic carbocycles. The number of fused-ring (bicyclic) bond motifs is 1. The molecule has 8 nitrogen and oxygen atoms in total. The van der Waals surface area contributed by atoms with E-state index in [0.29, 0.717) is 18.8 Å². The van der Waals surface area contributed by atoms with Crippen LogP contribution in [0.2, 0.25) is 0 Å². The molecule has 5 atom stereocenters.